The minimum atomic E-state index is -0.435. The largest absolute Gasteiger partial charge is 0.326 e. The molecule has 23 heavy (non-hydrogen) atoms. The third-order valence-corrected chi connectivity index (χ3v) is 3.21. The number of ketones is 1. The van der Waals surface area contributed by atoms with Crippen molar-refractivity contribution in [2.75, 3.05) is 10.6 Å². The Hall–Kier alpha value is -2.95. The molecule has 0 radical (unpaired) electrons. The number of amides is 2. The molecule has 0 unspecified atom stereocenters. The summed E-state index contributed by atoms with van der Waals surface area (Å²) in [4.78, 5) is 35.1. The molecule has 0 saturated carbocycles. The molecule has 0 saturated heterocycles. The van der Waals surface area contributed by atoms with Crippen LogP contribution in [0.2, 0.25) is 0 Å². The molecule has 0 aliphatic rings. The predicted octanol–water partition coefficient (Wildman–Crippen LogP) is 3.16. The van der Waals surface area contributed by atoms with E-state index >= 15 is 0 Å². The number of anilines is 2. The number of carbonyl (C=O) groups excluding carboxylic acids is 3. The van der Waals surface area contributed by atoms with Gasteiger partial charge in [0.25, 0.3) is 0 Å². The average molecular weight is 310 g/mol. The van der Waals surface area contributed by atoms with Gasteiger partial charge < -0.3 is 10.6 Å². The van der Waals surface area contributed by atoms with Crippen LogP contribution in [0.15, 0.2) is 48.5 Å². The molecule has 0 aromatic heterocycles. The second-order valence-corrected chi connectivity index (χ2v) is 5.28. The van der Waals surface area contributed by atoms with Crippen LogP contribution in [0.3, 0.4) is 0 Å². The first-order valence-electron chi connectivity index (χ1n) is 7.21. The number of benzene rings is 2. The number of aryl methyl sites for hydroxylation is 1. The number of hydrogen-bond acceptors (Lipinski definition) is 3. The minimum Gasteiger partial charge on any atom is -0.326 e. The Morgan fingerprint density at radius 1 is 0.870 bits per heavy atom. The monoisotopic (exact) mass is 310 g/mol. The second-order valence-electron chi connectivity index (χ2n) is 5.28. The van der Waals surface area contributed by atoms with Gasteiger partial charge in [0.1, 0.15) is 6.42 Å². The zero-order valence-corrected chi connectivity index (χ0v) is 13.1. The van der Waals surface area contributed by atoms with Crippen LogP contribution in [-0.4, -0.2) is 17.6 Å². The standard InChI is InChI=1S/C18H18N2O3/c1-12-6-8-15(9-7-12)19-17(22)11-18(23)20-16-5-3-4-14(10-16)13(2)21/h3-10H,11H2,1-2H3,(H,19,22)(H,20,23). The van der Waals surface area contributed by atoms with Crippen LogP contribution in [0, 0.1) is 6.92 Å². The Labute approximate surface area is 134 Å². The molecule has 0 spiro atoms. The van der Waals surface area contributed by atoms with Crippen molar-refractivity contribution in [3.8, 4) is 0 Å². The summed E-state index contributed by atoms with van der Waals surface area (Å²) in [5, 5.41) is 5.27. The highest BCUT2D eigenvalue weighted by molar-refractivity contribution is 6.08. The molecular weight excluding hydrogens is 292 g/mol. The molecule has 0 bridgehead atoms. The van der Waals surface area contributed by atoms with Gasteiger partial charge in [-0.3, -0.25) is 14.4 Å². The van der Waals surface area contributed by atoms with Crippen LogP contribution in [0.4, 0.5) is 11.4 Å². The van der Waals surface area contributed by atoms with Gasteiger partial charge in [0, 0.05) is 16.9 Å². The van der Waals surface area contributed by atoms with Gasteiger partial charge >= 0.3 is 0 Å². The highest BCUT2D eigenvalue weighted by Crippen LogP contribution is 2.12. The summed E-state index contributed by atoms with van der Waals surface area (Å²) in [5.74, 6) is -0.914. The lowest BCUT2D eigenvalue weighted by Gasteiger charge is -2.07. The molecule has 5 heteroatoms. The van der Waals surface area contributed by atoms with Crippen LogP contribution in [0.5, 0.6) is 0 Å². The Balaban J connectivity index is 1.91. The lowest BCUT2D eigenvalue weighted by Crippen LogP contribution is -2.21. The summed E-state index contributed by atoms with van der Waals surface area (Å²) in [5.41, 5.74) is 2.73. The molecular formula is C18H18N2O3. The van der Waals surface area contributed by atoms with Crippen molar-refractivity contribution in [1.29, 1.82) is 0 Å². The van der Waals surface area contributed by atoms with Crippen LogP contribution in [-0.2, 0) is 9.59 Å². The van der Waals surface area contributed by atoms with Crippen LogP contribution >= 0.6 is 0 Å². The molecule has 2 rings (SSSR count). The van der Waals surface area contributed by atoms with E-state index in [1.807, 2.05) is 19.1 Å². The summed E-state index contributed by atoms with van der Waals surface area (Å²) in [7, 11) is 0. The van der Waals surface area contributed by atoms with Crippen molar-refractivity contribution >= 4 is 29.0 Å². The first kappa shape index (κ1) is 16.4. The van der Waals surface area contributed by atoms with E-state index in [1.165, 1.54) is 6.92 Å². The summed E-state index contributed by atoms with van der Waals surface area (Å²) in [6.07, 6.45) is -0.293. The number of hydrogen-bond donors (Lipinski definition) is 2. The number of rotatable bonds is 5. The topological polar surface area (TPSA) is 75.3 Å². The SMILES string of the molecule is CC(=O)c1cccc(NC(=O)CC(=O)Nc2ccc(C)cc2)c1. The van der Waals surface area contributed by atoms with E-state index in [-0.39, 0.29) is 12.2 Å². The maximum Gasteiger partial charge on any atom is 0.233 e. The summed E-state index contributed by atoms with van der Waals surface area (Å²) in [6, 6.07) is 13.9. The highest BCUT2D eigenvalue weighted by atomic mass is 16.2. The quantitative estimate of drug-likeness (QED) is 0.658. The third-order valence-electron chi connectivity index (χ3n) is 3.21. The summed E-state index contributed by atoms with van der Waals surface area (Å²) < 4.78 is 0. The predicted molar refractivity (Wildman–Crippen MR) is 89.5 cm³/mol. The lowest BCUT2D eigenvalue weighted by molar-refractivity contribution is -0.123. The van der Waals surface area contributed by atoms with E-state index in [0.717, 1.165) is 5.56 Å². The van der Waals surface area contributed by atoms with Crippen molar-refractivity contribution in [3.05, 3.63) is 59.7 Å². The van der Waals surface area contributed by atoms with E-state index in [9.17, 15) is 14.4 Å². The Bertz CT molecular complexity index is 736. The Kier molecular flexibility index (Phi) is 5.25. The first-order valence-corrected chi connectivity index (χ1v) is 7.21. The first-order chi connectivity index (χ1) is 10.9. The van der Waals surface area contributed by atoms with Gasteiger partial charge in [-0.05, 0) is 38.1 Å². The van der Waals surface area contributed by atoms with E-state index in [2.05, 4.69) is 10.6 Å². The molecule has 0 aliphatic heterocycles. The maximum atomic E-state index is 11.9. The molecule has 0 fully saturated rings. The van der Waals surface area contributed by atoms with E-state index < -0.39 is 11.8 Å². The second kappa shape index (κ2) is 7.35. The number of carbonyl (C=O) groups is 3. The molecule has 0 heterocycles. The van der Waals surface area contributed by atoms with Gasteiger partial charge in [-0.15, -0.1) is 0 Å². The van der Waals surface area contributed by atoms with Gasteiger partial charge in [0.05, 0.1) is 0 Å². The van der Waals surface area contributed by atoms with Crippen molar-refractivity contribution in [1.82, 2.24) is 0 Å². The summed E-state index contributed by atoms with van der Waals surface area (Å²) >= 11 is 0. The molecule has 2 N–H and O–H groups in total. The normalized spacial score (nSPS) is 10.0. The summed E-state index contributed by atoms with van der Waals surface area (Å²) in [6.45, 7) is 3.41. The number of nitrogens with one attached hydrogen (secondary N) is 2. The van der Waals surface area contributed by atoms with Gasteiger partial charge in [-0.2, -0.15) is 0 Å². The zero-order valence-electron chi connectivity index (χ0n) is 13.1. The van der Waals surface area contributed by atoms with Crippen molar-refractivity contribution in [2.45, 2.75) is 20.3 Å². The molecule has 0 aliphatic carbocycles. The van der Waals surface area contributed by atoms with Gasteiger partial charge in [0.15, 0.2) is 5.78 Å². The van der Waals surface area contributed by atoms with Crippen molar-refractivity contribution in [3.63, 3.8) is 0 Å². The average Bonchev–Trinajstić information content (AvgIpc) is 2.49. The lowest BCUT2D eigenvalue weighted by atomic mass is 10.1. The van der Waals surface area contributed by atoms with E-state index in [1.54, 1.807) is 36.4 Å². The van der Waals surface area contributed by atoms with Gasteiger partial charge in [-0.25, -0.2) is 0 Å². The van der Waals surface area contributed by atoms with Gasteiger partial charge in [0.2, 0.25) is 11.8 Å². The number of Topliss-reactive ketones (excluding diaryl/α,β-unsaturated/α-hetero) is 1. The molecule has 5 nitrogen and oxygen atoms in total. The molecule has 2 aromatic carbocycles. The van der Waals surface area contributed by atoms with Crippen molar-refractivity contribution < 1.29 is 14.4 Å². The van der Waals surface area contributed by atoms with Crippen LogP contribution in [0.1, 0.15) is 29.3 Å². The fourth-order valence-electron chi connectivity index (χ4n) is 2.01. The molecule has 2 amide bonds. The molecule has 0 atom stereocenters. The molecule has 2 aromatic rings. The third kappa shape index (κ3) is 5.07. The fraction of sp³-hybridized carbons (Fsp3) is 0.167. The minimum absolute atomic E-state index is 0.0850. The Morgan fingerprint density at radius 2 is 1.48 bits per heavy atom. The molecule has 118 valence electrons. The van der Waals surface area contributed by atoms with Crippen LogP contribution in [0.25, 0.3) is 0 Å². The fourth-order valence-corrected chi connectivity index (χ4v) is 2.01. The Morgan fingerprint density at radius 3 is 2.09 bits per heavy atom. The van der Waals surface area contributed by atoms with Crippen molar-refractivity contribution in [2.24, 2.45) is 0 Å². The smallest absolute Gasteiger partial charge is 0.233 e. The maximum absolute atomic E-state index is 11.9. The van der Waals surface area contributed by atoms with E-state index in [0.29, 0.717) is 16.9 Å². The highest BCUT2D eigenvalue weighted by Gasteiger charge is 2.10. The van der Waals surface area contributed by atoms with Crippen LogP contribution < -0.4 is 10.6 Å². The van der Waals surface area contributed by atoms with E-state index in [4.69, 9.17) is 0 Å². The van der Waals surface area contributed by atoms with Gasteiger partial charge in [-0.1, -0.05) is 29.8 Å². The zero-order chi connectivity index (χ0) is 16.8.